The molecule has 1 aromatic heterocycles. The minimum Gasteiger partial charge on any atom is -0.383 e. The molecule has 1 fully saturated rings. The summed E-state index contributed by atoms with van der Waals surface area (Å²) >= 11 is 3.41. The van der Waals surface area contributed by atoms with Crippen molar-refractivity contribution in [3.63, 3.8) is 0 Å². The Morgan fingerprint density at radius 3 is 2.57 bits per heavy atom. The Labute approximate surface area is 182 Å². The number of carbonyl (C=O) groups excluding carboxylic acids is 1. The van der Waals surface area contributed by atoms with Gasteiger partial charge in [-0.3, -0.25) is 14.2 Å². The maximum atomic E-state index is 13.2. The van der Waals surface area contributed by atoms with Gasteiger partial charge in [0, 0.05) is 24.1 Å². The van der Waals surface area contributed by atoms with Gasteiger partial charge in [0.1, 0.15) is 18.1 Å². The van der Waals surface area contributed by atoms with Crippen LogP contribution in [0.1, 0.15) is 18.9 Å². The van der Waals surface area contributed by atoms with Crippen LogP contribution in [-0.4, -0.2) is 41.3 Å². The monoisotopic (exact) mass is 479 g/mol. The molecule has 9 nitrogen and oxygen atoms in total. The fourth-order valence-electron chi connectivity index (χ4n) is 3.42. The number of halogens is 1. The van der Waals surface area contributed by atoms with Gasteiger partial charge in [-0.1, -0.05) is 13.0 Å². The van der Waals surface area contributed by atoms with E-state index in [0.29, 0.717) is 45.0 Å². The first kappa shape index (κ1) is 22.1. The molecule has 162 valence electrons. The van der Waals surface area contributed by atoms with Crippen LogP contribution in [0.2, 0.25) is 0 Å². The third kappa shape index (κ3) is 4.59. The van der Waals surface area contributed by atoms with Crippen LogP contribution in [0, 0.1) is 6.92 Å². The Kier molecular flexibility index (Phi) is 6.99. The molecule has 0 spiro atoms. The Morgan fingerprint density at radius 2 is 1.93 bits per heavy atom. The number of hydrogen-bond donors (Lipinski definition) is 2. The zero-order valence-electron chi connectivity index (χ0n) is 17.1. The zero-order valence-corrected chi connectivity index (χ0v) is 18.7. The highest BCUT2D eigenvalue weighted by atomic mass is 79.9. The molecule has 3 rings (SSSR count). The minimum absolute atomic E-state index is 0.131. The van der Waals surface area contributed by atoms with Crippen molar-refractivity contribution in [2.24, 2.45) is 0 Å². The van der Waals surface area contributed by atoms with Crippen molar-refractivity contribution >= 4 is 39.0 Å². The summed E-state index contributed by atoms with van der Waals surface area (Å²) in [5, 5.41) is 2.75. The summed E-state index contributed by atoms with van der Waals surface area (Å²) in [5.74, 6) is -0.341. The molecule has 1 saturated heterocycles. The highest BCUT2D eigenvalue weighted by Gasteiger charge is 2.24. The van der Waals surface area contributed by atoms with E-state index in [-0.39, 0.29) is 11.5 Å². The number of aryl methyl sites for hydroxylation is 1. The van der Waals surface area contributed by atoms with E-state index in [1.54, 1.807) is 6.07 Å². The van der Waals surface area contributed by atoms with E-state index in [1.165, 1.54) is 4.57 Å². The molecule has 10 heteroatoms. The zero-order chi connectivity index (χ0) is 21.8. The molecule has 2 heterocycles. The quantitative estimate of drug-likeness (QED) is 0.649. The van der Waals surface area contributed by atoms with Crippen LogP contribution in [0.5, 0.6) is 0 Å². The van der Waals surface area contributed by atoms with Gasteiger partial charge in [0.15, 0.2) is 0 Å². The molecule has 0 aliphatic carbocycles. The van der Waals surface area contributed by atoms with Crippen molar-refractivity contribution in [1.82, 2.24) is 9.13 Å². The molecule has 0 bridgehead atoms. The number of morpholine rings is 1. The van der Waals surface area contributed by atoms with E-state index >= 15 is 0 Å². The SMILES string of the molecule is CCCn1c(N)c(N2CCOCC2)c(=O)n(CC(=O)Nc2ccc(C)cc2Br)c1=O. The van der Waals surface area contributed by atoms with Gasteiger partial charge in [-0.15, -0.1) is 0 Å². The number of nitrogens with zero attached hydrogens (tertiary/aromatic N) is 3. The van der Waals surface area contributed by atoms with E-state index in [9.17, 15) is 14.4 Å². The Balaban J connectivity index is 1.98. The fourth-order valence-corrected chi connectivity index (χ4v) is 4.01. The van der Waals surface area contributed by atoms with E-state index in [1.807, 2.05) is 30.9 Å². The van der Waals surface area contributed by atoms with E-state index in [4.69, 9.17) is 10.5 Å². The number of carbonyl (C=O) groups is 1. The normalized spacial score (nSPS) is 14.0. The van der Waals surface area contributed by atoms with Crippen molar-refractivity contribution < 1.29 is 9.53 Å². The second kappa shape index (κ2) is 9.48. The van der Waals surface area contributed by atoms with Gasteiger partial charge in [0.25, 0.3) is 5.56 Å². The average molecular weight is 480 g/mol. The van der Waals surface area contributed by atoms with Crippen molar-refractivity contribution in [3.05, 3.63) is 49.1 Å². The summed E-state index contributed by atoms with van der Waals surface area (Å²) in [5.41, 5.74) is 6.91. The lowest BCUT2D eigenvalue weighted by Gasteiger charge is -2.30. The molecule has 2 aromatic rings. The molecular weight excluding hydrogens is 454 g/mol. The standard InChI is InChI=1S/C20H26BrN5O4/c1-3-6-25-18(22)17(24-7-9-30-10-8-24)19(28)26(20(25)29)12-16(27)23-15-5-4-13(2)11-14(15)21/h4-5,11H,3,6-10,12,22H2,1-2H3,(H,23,27). The van der Waals surface area contributed by atoms with Crippen molar-refractivity contribution in [1.29, 1.82) is 0 Å². The number of ether oxygens (including phenoxy) is 1. The van der Waals surface area contributed by atoms with Crippen LogP contribution < -0.4 is 27.2 Å². The van der Waals surface area contributed by atoms with Crippen LogP contribution in [-0.2, 0) is 22.6 Å². The second-order valence-corrected chi connectivity index (χ2v) is 8.04. The van der Waals surface area contributed by atoms with Gasteiger partial charge in [-0.25, -0.2) is 9.36 Å². The summed E-state index contributed by atoms with van der Waals surface area (Å²) in [6.45, 7) is 5.72. The first-order valence-electron chi connectivity index (χ1n) is 9.85. The number of anilines is 3. The van der Waals surface area contributed by atoms with Crippen LogP contribution in [0.4, 0.5) is 17.2 Å². The topological polar surface area (TPSA) is 112 Å². The number of aromatic nitrogens is 2. The van der Waals surface area contributed by atoms with E-state index < -0.39 is 23.7 Å². The van der Waals surface area contributed by atoms with E-state index in [0.717, 1.165) is 14.6 Å². The van der Waals surface area contributed by atoms with Crippen molar-refractivity contribution in [2.75, 3.05) is 42.3 Å². The molecule has 3 N–H and O–H groups in total. The maximum absolute atomic E-state index is 13.2. The summed E-state index contributed by atoms with van der Waals surface area (Å²) in [4.78, 5) is 40.6. The number of hydrogen-bond acceptors (Lipinski definition) is 6. The van der Waals surface area contributed by atoms with Crippen LogP contribution in [0.3, 0.4) is 0 Å². The second-order valence-electron chi connectivity index (χ2n) is 7.19. The van der Waals surface area contributed by atoms with E-state index in [2.05, 4.69) is 21.2 Å². The molecule has 1 amide bonds. The first-order chi connectivity index (χ1) is 14.3. The lowest BCUT2D eigenvalue weighted by Crippen LogP contribution is -2.48. The van der Waals surface area contributed by atoms with Gasteiger partial charge < -0.3 is 20.7 Å². The van der Waals surface area contributed by atoms with Crippen molar-refractivity contribution in [3.8, 4) is 0 Å². The van der Waals surface area contributed by atoms with Gasteiger partial charge in [0.2, 0.25) is 5.91 Å². The van der Waals surface area contributed by atoms with Crippen molar-refractivity contribution in [2.45, 2.75) is 33.4 Å². The highest BCUT2D eigenvalue weighted by Crippen LogP contribution is 2.23. The highest BCUT2D eigenvalue weighted by molar-refractivity contribution is 9.10. The predicted molar refractivity (Wildman–Crippen MR) is 120 cm³/mol. The molecule has 0 radical (unpaired) electrons. The first-order valence-corrected chi connectivity index (χ1v) is 10.6. The molecular formula is C20H26BrN5O4. The summed E-state index contributed by atoms with van der Waals surface area (Å²) in [6, 6.07) is 5.49. The molecule has 0 atom stereocenters. The number of nitrogens with two attached hydrogens (primary N) is 1. The fraction of sp³-hybridized carbons (Fsp3) is 0.450. The maximum Gasteiger partial charge on any atom is 0.333 e. The third-order valence-electron chi connectivity index (χ3n) is 4.92. The largest absolute Gasteiger partial charge is 0.383 e. The smallest absolute Gasteiger partial charge is 0.333 e. The predicted octanol–water partition coefficient (Wildman–Crippen LogP) is 1.55. The summed E-state index contributed by atoms with van der Waals surface area (Å²) < 4.78 is 8.39. The van der Waals surface area contributed by atoms with Crippen LogP contribution in [0.15, 0.2) is 32.3 Å². The lowest BCUT2D eigenvalue weighted by atomic mass is 10.2. The molecule has 1 aliphatic heterocycles. The number of benzene rings is 1. The number of amides is 1. The molecule has 1 aromatic carbocycles. The Hall–Kier alpha value is -2.59. The molecule has 1 aliphatic rings. The van der Waals surface area contributed by atoms with Crippen LogP contribution >= 0.6 is 15.9 Å². The lowest BCUT2D eigenvalue weighted by molar-refractivity contribution is -0.116. The number of nitrogens with one attached hydrogen (secondary N) is 1. The van der Waals surface area contributed by atoms with Crippen LogP contribution in [0.25, 0.3) is 0 Å². The number of rotatable bonds is 6. The Bertz CT molecular complexity index is 1060. The molecule has 0 saturated carbocycles. The summed E-state index contributed by atoms with van der Waals surface area (Å²) in [7, 11) is 0. The van der Waals surface area contributed by atoms with Gasteiger partial charge >= 0.3 is 5.69 Å². The van der Waals surface area contributed by atoms with Gasteiger partial charge in [-0.2, -0.15) is 0 Å². The third-order valence-corrected chi connectivity index (χ3v) is 5.57. The minimum atomic E-state index is -0.588. The molecule has 0 unspecified atom stereocenters. The van der Waals surface area contributed by atoms with Gasteiger partial charge in [-0.05, 0) is 47.0 Å². The Morgan fingerprint density at radius 1 is 1.23 bits per heavy atom. The average Bonchev–Trinajstić information content (AvgIpc) is 2.71. The molecule has 30 heavy (non-hydrogen) atoms. The number of nitrogen functional groups attached to an aromatic ring is 1. The summed E-state index contributed by atoms with van der Waals surface area (Å²) in [6.07, 6.45) is 0.660. The van der Waals surface area contributed by atoms with Gasteiger partial charge in [0.05, 0.1) is 18.9 Å².